The number of anilines is 1. The normalized spacial score (nSPS) is 16.9. The van der Waals surface area contributed by atoms with Crippen molar-refractivity contribution in [1.82, 2.24) is 0 Å². The number of benzene rings is 2. The third-order valence-corrected chi connectivity index (χ3v) is 3.98. The SMILES string of the molecule is CC1Oc2ccc(C=O)cc2N(Cc2ccccc2Cl)C1=O. The molecule has 0 radical (unpaired) electrons. The van der Waals surface area contributed by atoms with Gasteiger partial charge in [0, 0.05) is 10.6 Å². The van der Waals surface area contributed by atoms with Crippen molar-refractivity contribution in [1.29, 1.82) is 0 Å². The summed E-state index contributed by atoms with van der Waals surface area (Å²) >= 11 is 6.19. The van der Waals surface area contributed by atoms with Crippen molar-refractivity contribution in [3.63, 3.8) is 0 Å². The van der Waals surface area contributed by atoms with Crippen LogP contribution in [0.2, 0.25) is 5.02 Å². The Hall–Kier alpha value is -2.33. The van der Waals surface area contributed by atoms with Crippen LogP contribution in [0.1, 0.15) is 22.8 Å². The molecule has 1 aliphatic heterocycles. The van der Waals surface area contributed by atoms with Gasteiger partial charge in [0.05, 0.1) is 12.2 Å². The van der Waals surface area contributed by atoms with Gasteiger partial charge in [0.15, 0.2) is 6.10 Å². The van der Waals surface area contributed by atoms with Gasteiger partial charge in [-0.25, -0.2) is 0 Å². The quantitative estimate of drug-likeness (QED) is 0.815. The lowest BCUT2D eigenvalue weighted by molar-refractivity contribution is -0.125. The molecule has 5 heteroatoms. The maximum Gasteiger partial charge on any atom is 0.268 e. The fraction of sp³-hybridized carbons (Fsp3) is 0.176. The van der Waals surface area contributed by atoms with Crippen molar-refractivity contribution < 1.29 is 14.3 Å². The molecule has 0 fully saturated rings. The highest BCUT2D eigenvalue weighted by Crippen LogP contribution is 2.36. The van der Waals surface area contributed by atoms with E-state index in [0.29, 0.717) is 28.6 Å². The van der Waals surface area contributed by atoms with Crippen molar-refractivity contribution in [2.45, 2.75) is 19.6 Å². The molecule has 1 amide bonds. The molecular weight excluding hydrogens is 302 g/mol. The van der Waals surface area contributed by atoms with Gasteiger partial charge in [-0.05, 0) is 36.8 Å². The summed E-state index contributed by atoms with van der Waals surface area (Å²) in [4.78, 5) is 25.1. The molecule has 0 saturated heterocycles. The van der Waals surface area contributed by atoms with E-state index in [1.165, 1.54) is 0 Å². The maximum atomic E-state index is 12.5. The van der Waals surface area contributed by atoms with Gasteiger partial charge in [0.2, 0.25) is 0 Å². The average Bonchev–Trinajstić information content (AvgIpc) is 2.53. The van der Waals surface area contributed by atoms with Gasteiger partial charge in [-0.15, -0.1) is 0 Å². The monoisotopic (exact) mass is 315 g/mol. The summed E-state index contributed by atoms with van der Waals surface area (Å²) in [5.74, 6) is 0.431. The van der Waals surface area contributed by atoms with E-state index >= 15 is 0 Å². The molecule has 112 valence electrons. The van der Waals surface area contributed by atoms with Crippen LogP contribution in [0.25, 0.3) is 0 Å². The van der Waals surface area contributed by atoms with Crippen LogP contribution in [0.4, 0.5) is 5.69 Å². The smallest absolute Gasteiger partial charge is 0.268 e. The van der Waals surface area contributed by atoms with E-state index in [-0.39, 0.29) is 5.91 Å². The fourth-order valence-electron chi connectivity index (χ4n) is 2.46. The Morgan fingerprint density at radius 2 is 2.05 bits per heavy atom. The number of hydrogen-bond acceptors (Lipinski definition) is 3. The number of ether oxygens (including phenoxy) is 1. The molecule has 3 rings (SSSR count). The molecule has 1 atom stereocenters. The molecule has 0 N–H and O–H groups in total. The number of halogens is 1. The Kier molecular flexibility index (Phi) is 3.86. The van der Waals surface area contributed by atoms with Crippen molar-refractivity contribution in [3.05, 3.63) is 58.6 Å². The summed E-state index contributed by atoms with van der Waals surface area (Å²) in [6, 6.07) is 12.4. The van der Waals surface area contributed by atoms with Crippen LogP contribution in [-0.2, 0) is 11.3 Å². The predicted molar refractivity (Wildman–Crippen MR) is 84.6 cm³/mol. The molecule has 0 bridgehead atoms. The van der Waals surface area contributed by atoms with Crippen LogP contribution < -0.4 is 9.64 Å². The van der Waals surface area contributed by atoms with E-state index in [9.17, 15) is 9.59 Å². The van der Waals surface area contributed by atoms with E-state index < -0.39 is 6.10 Å². The largest absolute Gasteiger partial charge is 0.479 e. The minimum Gasteiger partial charge on any atom is -0.479 e. The molecule has 4 nitrogen and oxygen atoms in total. The zero-order valence-corrected chi connectivity index (χ0v) is 12.7. The minimum absolute atomic E-state index is 0.157. The molecule has 0 aromatic heterocycles. The lowest BCUT2D eigenvalue weighted by atomic mass is 10.1. The summed E-state index contributed by atoms with van der Waals surface area (Å²) < 4.78 is 5.60. The first kappa shape index (κ1) is 14.6. The van der Waals surface area contributed by atoms with Crippen molar-refractivity contribution in [3.8, 4) is 5.75 Å². The van der Waals surface area contributed by atoms with Gasteiger partial charge in [0.25, 0.3) is 5.91 Å². The van der Waals surface area contributed by atoms with Crippen molar-refractivity contribution in [2.75, 3.05) is 4.90 Å². The maximum absolute atomic E-state index is 12.5. The second kappa shape index (κ2) is 5.81. The minimum atomic E-state index is -0.572. The summed E-state index contributed by atoms with van der Waals surface area (Å²) in [6.07, 6.45) is 0.174. The van der Waals surface area contributed by atoms with E-state index in [0.717, 1.165) is 11.8 Å². The lowest BCUT2D eigenvalue weighted by Crippen LogP contribution is -2.44. The van der Waals surface area contributed by atoms with Crippen LogP contribution in [0.5, 0.6) is 5.75 Å². The van der Waals surface area contributed by atoms with Crippen LogP contribution in [0.15, 0.2) is 42.5 Å². The first-order chi connectivity index (χ1) is 10.6. The number of fused-ring (bicyclic) bond motifs is 1. The highest BCUT2D eigenvalue weighted by molar-refractivity contribution is 6.31. The third-order valence-electron chi connectivity index (χ3n) is 3.61. The first-order valence-corrected chi connectivity index (χ1v) is 7.28. The number of nitrogens with zero attached hydrogens (tertiary/aromatic N) is 1. The zero-order valence-electron chi connectivity index (χ0n) is 12.0. The van der Waals surface area contributed by atoms with Gasteiger partial charge in [-0.3, -0.25) is 9.59 Å². The van der Waals surface area contributed by atoms with Crippen molar-refractivity contribution in [2.24, 2.45) is 0 Å². The second-order valence-electron chi connectivity index (χ2n) is 5.12. The molecule has 2 aromatic rings. The number of aldehydes is 1. The summed E-state index contributed by atoms with van der Waals surface area (Å²) in [7, 11) is 0. The van der Waals surface area contributed by atoms with E-state index in [2.05, 4.69) is 0 Å². The van der Waals surface area contributed by atoms with Crippen LogP contribution in [0, 0.1) is 0 Å². The molecule has 1 heterocycles. The number of carbonyl (C=O) groups is 2. The highest BCUT2D eigenvalue weighted by Gasteiger charge is 2.32. The lowest BCUT2D eigenvalue weighted by Gasteiger charge is -2.33. The van der Waals surface area contributed by atoms with Gasteiger partial charge < -0.3 is 9.64 Å². The number of rotatable bonds is 3. The number of hydrogen-bond donors (Lipinski definition) is 0. The van der Waals surface area contributed by atoms with E-state index in [1.807, 2.05) is 18.2 Å². The van der Waals surface area contributed by atoms with Gasteiger partial charge in [0.1, 0.15) is 12.0 Å². The fourth-order valence-corrected chi connectivity index (χ4v) is 2.65. The summed E-state index contributed by atoms with van der Waals surface area (Å²) in [5.41, 5.74) is 1.93. The molecule has 1 unspecified atom stereocenters. The third kappa shape index (κ3) is 2.57. The second-order valence-corrected chi connectivity index (χ2v) is 5.53. The molecule has 2 aromatic carbocycles. The van der Waals surface area contributed by atoms with Crippen LogP contribution >= 0.6 is 11.6 Å². The molecule has 0 spiro atoms. The Morgan fingerprint density at radius 1 is 1.27 bits per heavy atom. The Labute approximate surface area is 133 Å². The summed E-state index contributed by atoms with van der Waals surface area (Å²) in [5, 5.41) is 0.600. The summed E-state index contributed by atoms with van der Waals surface area (Å²) in [6.45, 7) is 2.04. The molecule has 0 aliphatic carbocycles. The molecule has 0 saturated carbocycles. The number of carbonyl (C=O) groups excluding carboxylic acids is 2. The predicted octanol–water partition coefficient (Wildman–Crippen LogP) is 3.47. The van der Waals surface area contributed by atoms with Gasteiger partial charge in [-0.2, -0.15) is 0 Å². The Bertz CT molecular complexity index is 744. The average molecular weight is 316 g/mol. The van der Waals surface area contributed by atoms with E-state index in [1.54, 1.807) is 36.1 Å². The molecular formula is C17H14ClNO3. The Morgan fingerprint density at radius 3 is 2.77 bits per heavy atom. The highest BCUT2D eigenvalue weighted by atomic mass is 35.5. The molecule has 22 heavy (non-hydrogen) atoms. The number of amides is 1. The first-order valence-electron chi connectivity index (χ1n) is 6.91. The van der Waals surface area contributed by atoms with Crippen LogP contribution in [-0.4, -0.2) is 18.3 Å². The standard InChI is InChI=1S/C17H14ClNO3/c1-11-17(21)19(9-13-4-2-3-5-14(13)18)15-8-12(10-20)6-7-16(15)22-11/h2-8,10-11H,9H2,1H3. The zero-order chi connectivity index (χ0) is 15.7. The van der Waals surface area contributed by atoms with E-state index in [4.69, 9.17) is 16.3 Å². The van der Waals surface area contributed by atoms with Gasteiger partial charge in [-0.1, -0.05) is 29.8 Å². The van der Waals surface area contributed by atoms with Gasteiger partial charge >= 0.3 is 0 Å². The van der Waals surface area contributed by atoms with Crippen LogP contribution in [0.3, 0.4) is 0 Å². The Balaban J connectivity index is 2.04. The molecule has 1 aliphatic rings. The van der Waals surface area contributed by atoms with Crippen molar-refractivity contribution >= 4 is 29.5 Å². The topological polar surface area (TPSA) is 46.6 Å².